The highest BCUT2D eigenvalue weighted by molar-refractivity contribution is 7.89. The lowest BCUT2D eigenvalue weighted by Crippen LogP contribution is -2.40. The number of imidazole rings is 1. The molecule has 8 heteroatoms. The number of nitrogens with zero attached hydrogens (tertiary/aromatic N) is 2. The van der Waals surface area contributed by atoms with Gasteiger partial charge < -0.3 is 10.3 Å². The number of nitrogens with one attached hydrogen (secondary N) is 1. The van der Waals surface area contributed by atoms with Gasteiger partial charge in [0, 0.05) is 25.3 Å². The van der Waals surface area contributed by atoms with E-state index in [0.29, 0.717) is 5.82 Å². The minimum absolute atomic E-state index is 0. The van der Waals surface area contributed by atoms with E-state index in [4.69, 9.17) is 5.73 Å². The van der Waals surface area contributed by atoms with Crippen LogP contribution in [0.25, 0.3) is 0 Å². The molecule has 0 radical (unpaired) electrons. The van der Waals surface area contributed by atoms with Crippen molar-refractivity contribution < 1.29 is 8.42 Å². The fourth-order valence-corrected chi connectivity index (χ4v) is 3.52. The van der Waals surface area contributed by atoms with E-state index in [-0.39, 0.29) is 29.5 Å². The van der Waals surface area contributed by atoms with Crippen molar-refractivity contribution in [3.8, 4) is 0 Å². The van der Waals surface area contributed by atoms with Crippen LogP contribution in [0.15, 0.2) is 11.2 Å². The van der Waals surface area contributed by atoms with Crippen molar-refractivity contribution >= 4 is 22.4 Å². The first-order valence-corrected chi connectivity index (χ1v) is 7.64. The number of hydrogen-bond acceptors (Lipinski definition) is 4. The number of hydrogen-bond donors (Lipinski definition) is 2. The molecular formula is C11H21ClN4O2S. The minimum Gasteiger partial charge on any atom is -0.337 e. The molecule has 1 aliphatic carbocycles. The summed E-state index contributed by atoms with van der Waals surface area (Å²) < 4.78 is 28.7. The molecular weight excluding hydrogens is 288 g/mol. The molecule has 19 heavy (non-hydrogen) atoms. The van der Waals surface area contributed by atoms with E-state index in [1.165, 1.54) is 6.20 Å². The van der Waals surface area contributed by atoms with Gasteiger partial charge >= 0.3 is 0 Å². The summed E-state index contributed by atoms with van der Waals surface area (Å²) in [6.45, 7) is 1.78. The Kier molecular flexibility index (Phi) is 5.37. The van der Waals surface area contributed by atoms with Crippen LogP contribution in [-0.2, 0) is 17.1 Å². The third-order valence-corrected chi connectivity index (χ3v) is 4.85. The molecule has 3 N–H and O–H groups in total. The van der Waals surface area contributed by atoms with E-state index in [0.717, 1.165) is 25.7 Å². The molecule has 6 nitrogen and oxygen atoms in total. The molecule has 0 aromatic carbocycles. The topological polar surface area (TPSA) is 90.0 Å². The van der Waals surface area contributed by atoms with E-state index < -0.39 is 10.0 Å². The van der Waals surface area contributed by atoms with Crippen molar-refractivity contribution in [3.05, 3.63) is 12.0 Å². The number of nitrogens with two attached hydrogens (primary N) is 1. The van der Waals surface area contributed by atoms with Gasteiger partial charge in [0.2, 0.25) is 0 Å². The Labute approximate surface area is 120 Å². The van der Waals surface area contributed by atoms with Crippen LogP contribution in [0.4, 0.5) is 0 Å². The average Bonchev–Trinajstić information content (AvgIpc) is 2.63. The standard InChI is InChI=1S/C11H20N4O2S.ClH/c1-8-13-11(7-15(8)2)18(16,17)14-10-5-3-9(12)4-6-10;/h7,9-10,14H,3-6,12H2,1-2H3;1H. The van der Waals surface area contributed by atoms with Gasteiger partial charge in [-0.1, -0.05) is 0 Å². The average molecular weight is 309 g/mol. The normalized spacial score (nSPS) is 23.9. The number of sulfonamides is 1. The maximum Gasteiger partial charge on any atom is 0.259 e. The van der Waals surface area contributed by atoms with Gasteiger partial charge in [0.1, 0.15) is 5.82 Å². The van der Waals surface area contributed by atoms with E-state index in [1.54, 1.807) is 18.5 Å². The Hall–Kier alpha value is -0.630. The van der Waals surface area contributed by atoms with Crippen molar-refractivity contribution in [1.82, 2.24) is 14.3 Å². The highest BCUT2D eigenvalue weighted by atomic mass is 35.5. The van der Waals surface area contributed by atoms with Gasteiger partial charge in [-0.05, 0) is 32.6 Å². The summed E-state index contributed by atoms with van der Waals surface area (Å²) in [7, 11) is -1.72. The van der Waals surface area contributed by atoms with Gasteiger partial charge in [0.05, 0.1) is 0 Å². The molecule has 0 aliphatic heterocycles. The number of rotatable bonds is 3. The first-order valence-electron chi connectivity index (χ1n) is 6.16. The van der Waals surface area contributed by atoms with Crippen LogP contribution in [0.3, 0.4) is 0 Å². The molecule has 1 heterocycles. The minimum atomic E-state index is -3.50. The first-order chi connectivity index (χ1) is 8.38. The highest BCUT2D eigenvalue weighted by Gasteiger charge is 2.26. The van der Waals surface area contributed by atoms with E-state index in [1.807, 2.05) is 0 Å². The Balaban J connectivity index is 0.00000180. The number of aryl methyl sites for hydroxylation is 2. The van der Waals surface area contributed by atoms with Crippen molar-refractivity contribution in [1.29, 1.82) is 0 Å². The molecule has 1 fully saturated rings. The van der Waals surface area contributed by atoms with Crippen molar-refractivity contribution in [2.45, 2.75) is 49.7 Å². The zero-order chi connectivity index (χ0) is 13.3. The Bertz CT molecular complexity index is 501. The van der Waals surface area contributed by atoms with E-state index in [9.17, 15) is 8.42 Å². The maximum atomic E-state index is 12.1. The van der Waals surface area contributed by atoms with Crippen molar-refractivity contribution in [3.63, 3.8) is 0 Å². The first kappa shape index (κ1) is 16.4. The van der Waals surface area contributed by atoms with Crippen molar-refractivity contribution in [2.24, 2.45) is 12.8 Å². The van der Waals surface area contributed by atoms with Crippen LogP contribution in [0.2, 0.25) is 0 Å². The summed E-state index contributed by atoms with van der Waals surface area (Å²) in [5, 5.41) is 0.0948. The van der Waals surface area contributed by atoms with Gasteiger partial charge in [-0.2, -0.15) is 0 Å². The zero-order valence-electron chi connectivity index (χ0n) is 11.2. The van der Waals surface area contributed by atoms with E-state index >= 15 is 0 Å². The Morgan fingerprint density at radius 3 is 2.42 bits per heavy atom. The molecule has 1 saturated carbocycles. The van der Waals surface area contributed by atoms with Gasteiger partial charge in [-0.25, -0.2) is 18.1 Å². The molecule has 0 unspecified atom stereocenters. The van der Waals surface area contributed by atoms with Crippen LogP contribution in [-0.4, -0.2) is 30.1 Å². The van der Waals surface area contributed by atoms with Gasteiger partial charge in [0.25, 0.3) is 10.0 Å². The summed E-state index contributed by atoms with van der Waals surface area (Å²) in [6, 6.07) is 0.194. The number of aromatic nitrogens is 2. The van der Waals surface area contributed by atoms with Crippen LogP contribution in [0.1, 0.15) is 31.5 Å². The summed E-state index contributed by atoms with van der Waals surface area (Å²) >= 11 is 0. The molecule has 0 spiro atoms. The lowest BCUT2D eigenvalue weighted by molar-refractivity contribution is 0.373. The molecule has 1 aromatic rings. The molecule has 1 aliphatic rings. The number of halogens is 1. The third-order valence-electron chi connectivity index (χ3n) is 3.46. The van der Waals surface area contributed by atoms with Crippen LogP contribution in [0.5, 0.6) is 0 Å². The predicted molar refractivity (Wildman–Crippen MR) is 75.7 cm³/mol. The van der Waals surface area contributed by atoms with Crippen molar-refractivity contribution in [2.75, 3.05) is 0 Å². The molecule has 0 saturated heterocycles. The third kappa shape index (κ3) is 3.92. The van der Waals surface area contributed by atoms with Crippen LogP contribution < -0.4 is 10.5 Å². The molecule has 0 amide bonds. The molecule has 110 valence electrons. The largest absolute Gasteiger partial charge is 0.337 e. The second-order valence-electron chi connectivity index (χ2n) is 4.97. The quantitative estimate of drug-likeness (QED) is 0.860. The maximum absolute atomic E-state index is 12.1. The molecule has 2 rings (SSSR count). The van der Waals surface area contributed by atoms with Gasteiger partial charge in [0.15, 0.2) is 5.03 Å². The lowest BCUT2D eigenvalue weighted by Gasteiger charge is -2.26. The van der Waals surface area contributed by atoms with Gasteiger partial charge in [-0.3, -0.25) is 0 Å². The fourth-order valence-electron chi connectivity index (χ4n) is 2.17. The molecule has 0 atom stereocenters. The fraction of sp³-hybridized carbons (Fsp3) is 0.727. The molecule has 0 bridgehead atoms. The Morgan fingerprint density at radius 2 is 1.95 bits per heavy atom. The Morgan fingerprint density at radius 1 is 1.37 bits per heavy atom. The second-order valence-corrected chi connectivity index (χ2v) is 6.63. The molecule has 1 aromatic heterocycles. The SMILES string of the molecule is Cc1nc(S(=O)(=O)NC2CCC(N)CC2)cn1C.Cl. The second kappa shape index (κ2) is 6.21. The van der Waals surface area contributed by atoms with Crippen LogP contribution in [0, 0.1) is 6.92 Å². The summed E-state index contributed by atoms with van der Waals surface area (Å²) in [5.74, 6) is 0.682. The van der Waals surface area contributed by atoms with E-state index in [2.05, 4.69) is 9.71 Å². The zero-order valence-corrected chi connectivity index (χ0v) is 12.8. The van der Waals surface area contributed by atoms with Gasteiger partial charge in [-0.15, -0.1) is 12.4 Å². The lowest BCUT2D eigenvalue weighted by atomic mass is 9.93. The summed E-state index contributed by atoms with van der Waals surface area (Å²) in [5.41, 5.74) is 5.80. The highest BCUT2D eigenvalue weighted by Crippen LogP contribution is 2.19. The predicted octanol–water partition coefficient (Wildman–Crippen LogP) is 0.699. The summed E-state index contributed by atoms with van der Waals surface area (Å²) in [4.78, 5) is 4.05. The monoisotopic (exact) mass is 308 g/mol. The van der Waals surface area contributed by atoms with Crippen LogP contribution >= 0.6 is 12.4 Å². The summed E-state index contributed by atoms with van der Waals surface area (Å²) in [6.07, 6.45) is 4.87. The smallest absolute Gasteiger partial charge is 0.259 e.